The molecule has 0 spiro atoms. The van der Waals surface area contributed by atoms with Crippen molar-refractivity contribution in [2.45, 2.75) is 26.3 Å². The van der Waals surface area contributed by atoms with Crippen LogP contribution < -0.4 is 5.73 Å². The monoisotopic (exact) mass is 163 g/mol. The Balaban J connectivity index is 2.71. The molecule has 0 saturated carbocycles. The minimum Gasteiger partial charge on any atom is -0.324 e. The number of rotatable bonds is 3. The maximum absolute atomic E-state index is 6.05. The lowest BCUT2D eigenvalue weighted by Gasteiger charge is -2.18. The molecule has 1 aromatic carbocycles. The first-order valence-corrected chi connectivity index (χ1v) is 4.56. The van der Waals surface area contributed by atoms with E-state index >= 15 is 0 Å². The smallest absolute Gasteiger partial charge is 0.0320 e. The van der Waals surface area contributed by atoms with E-state index in [4.69, 9.17) is 5.73 Å². The van der Waals surface area contributed by atoms with E-state index in [-0.39, 0.29) is 6.04 Å². The highest BCUT2D eigenvalue weighted by Gasteiger charge is 2.11. The van der Waals surface area contributed by atoms with Crippen molar-refractivity contribution in [2.75, 3.05) is 0 Å². The van der Waals surface area contributed by atoms with Crippen molar-refractivity contribution in [3.05, 3.63) is 35.9 Å². The fourth-order valence-electron chi connectivity index (χ4n) is 1.26. The molecule has 0 heterocycles. The van der Waals surface area contributed by atoms with E-state index in [0.717, 1.165) is 6.42 Å². The molecule has 2 atom stereocenters. The molecule has 0 radical (unpaired) electrons. The Morgan fingerprint density at radius 3 is 2.33 bits per heavy atom. The van der Waals surface area contributed by atoms with E-state index in [9.17, 15) is 0 Å². The Morgan fingerprint density at radius 2 is 1.83 bits per heavy atom. The van der Waals surface area contributed by atoms with Crippen LogP contribution in [0.1, 0.15) is 31.9 Å². The zero-order chi connectivity index (χ0) is 8.97. The van der Waals surface area contributed by atoms with E-state index in [1.54, 1.807) is 0 Å². The van der Waals surface area contributed by atoms with Crippen molar-refractivity contribution in [3.63, 3.8) is 0 Å². The van der Waals surface area contributed by atoms with Crippen LogP contribution in [0.4, 0.5) is 0 Å². The summed E-state index contributed by atoms with van der Waals surface area (Å²) < 4.78 is 0. The summed E-state index contributed by atoms with van der Waals surface area (Å²) in [6, 6.07) is 10.5. The molecule has 0 bridgehead atoms. The Hall–Kier alpha value is -0.820. The second-order valence-electron chi connectivity index (χ2n) is 3.32. The molecule has 1 heteroatoms. The minimum absolute atomic E-state index is 0.191. The van der Waals surface area contributed by atoms with Gasteiger partial charge in [0.1, 0.15) is 0 Å². The van der Waals surface area contributed by atoms with Crippen LogP contribution in [0.25, 0.3) is 0 Å². The van der Waals surface area contributed by atoms with Crippen LogP contribution in [0.3, 0.4) is 0 Å². The number of nitrogens with two attached hydrogens (primary N) is 1. The third-order valence-corrected chi connectivity index (χ3v) is 2.44. The Kier molecular flexibility index (Phi) is 3.30. The van der Waals surface area contributed by atoms with Gasteiger partial charge in [0.25, 0.3) is 0 Å². The van der Waals surface area contributed by atoms with E-state index in [1.807, 2.05) is 18.2 Å². The highest BCUT2D eigenvalue weighted by Crippen LogP contribution is 2.20. The first kappa shape index (κ1) is 9.27. The Morgan fingerprint density at radius 1 is 1.25 bits per heavy atom. The zero-order valence-corrected chi connectivity index (χ0v) is 7.83. The van der Waals surface area contributed by atoms with Gasteiger partial charge in [-0.2, -0.15) is 0 Å². The lowest BCUT2D eigenvalue weighted by atomic mass is 9.94. The van der Waals surface area contributed by atoms with Gasteiger partial charge < -0.3 is 5.73 Å². The maximum atomic E-state index is 6.05. The molecular weight excluding hydrogens is 146 g/mol. The molecular formula is C11H17N. The molecule has 0 amide bonds. The quantitative estimate of drug-likeness (QED) is 0.728. The lowest BCUT2D eigenvalue weighted by molar-refractivity contribution is 0.457. The van der Waals surface area contributed by atoms with Crippen molar-refractivity contribution < 1.29 is 0 Å². The molecule has 1 aromatic rings. The van der Waals surface area contributed by atoms with Gasteiger partial charge in [0.2, 0.25) is 0 Å². The number of hydrogen-bond acceptors (Lipinski definition) is 1. The SMILES string of the molecule is CCC(C)[C@@H](N)c1ccccc1. The van der Waals surface area contributed by atoms with Gasteiger partial charge in [-0.25, -0.2) is 0 Å². The van der Waals surface area contributed by atoms with Crippen molar-refractivity contribution in [3.8, 4) is 0 Å². The van der Waals surface area contributed by atoms with E-state index in [2.05, 4.69) is 26.0 Å². The molecule has 1 unspecified atom stereocenters. The molecule has 12 heavy (non-hydrogen) atoms. The molecule has 0 saturated heterocycles. The van der Waals surface area contributed by atoms with Crippen LogP contribution in [-0.2, 0) is 0 Å². The normalized spacial score (nSPS) is 15.6. The zero-order valence-electron chi connectivity index (χ0n) is 7.83. The van der Waals surface area contributed by atoms with Gasteiger partial charge in [0.15, 0.2) is 0 Å². The average molecular weight is 163 g/mol. The molecule has 0 aromatic heterocycles. The third-order valence-electron chi connectivity index (χ3n) is 2.44. The molecule has 1 rings (SSSR count). The van der Waals surface area contributed by atoms with Crippen LogP contribution in [0.2, 0.25) is 0 Å². The fraction of sp³-hybridized carbons (Fsp3) is 0.455. The summed E-state index contributed by atoms with van der Waals surface area (Å²) in [6.45, 7) is 4.37. The average Bonchev–Trinajstić information content (AvgIpc) is 2.17. The molecule has 0 aliphatic heterocycles. The summed E-state index contributed by atoms with van der Waals surface area (Å²) in [5.41, 5.74) is 7.29. The highest BCUT2D eigenvalue weighted by molar-refractivity contribution is 5.18. The summed E-state index contributed by atoms with van der Waals surface area (Å²) in [7, 11) is 0. The van der Waals surface area contributed by atoms with Crippen LogP contribution in [0.15, 0.2) is 30.3 Å². The van der Waals surface area contributed by atoms with Crippen LogP contribution in [-0.4, -0.2) is 0 Å². The first-order valence-electron chi connectivity index (χ1n) is 4.56. The summed E-state index contributed by atoms with van der Waals surface area (Å²) in [5.74, 6) is 0.562. The standard InChI is InChI=1S/C11H17N/c1-3-9(2)11(12)10-7-5-4-6-8-10/h4-9,11H,3,12H2,1-2H3/t9?,11-/m1/s1. The lowest BCUT2D eigenvalue weighted by Crippen LogP contribution is -2.18. The third kappa shape index (κ3) is 2.08. The second kappa shape index (κ2) is 4.27. The van der Waals surface area contributed by atoms with Gasteiger partial charge >= 0.3 is 0 Å². The van der Waals surface area contributed by atoms with Gasteiger partial charge in [0.05, 0.1) is 0 Å². The molecule has 0 aliphatic rings. The van der Waals surface area contributed by atoms with Crippen molar-refractivity contribution in [2.24, 2.45) is 11.7 Å². The molecule has 0 fully saturated rings. The fourth-order valence-corrected chi connectivity index (χ4v) is 1.26. The van der Waals surface area contributed by atoms with Gasteiger partial charge in [-0.05, 0) is 11.5 Å². The summed E-state index contributed by atoms with van der Waals surface area (Å²) in [6.07, 6.45) is 1.13. The Labute approximate surface area is 74.6 Å². The van der Waals surface area contributed by atoms with Gasteiger partial charge in [-0.15, -0.1) is 0 Å². The topological polar surface area (TPSA) is 26.0 Å². The number of hydrogen-bond donors (Lipinski definition) is 1. The first-order chi connectivity index (χ1) is 5.75. The minimum atomic E-state index is 0.191. The molecule has 1 nitrogen and oxygen atoms in total. The second-order valence-corrected chi connectivity index (χ2v) is 3.32. The van der Waals surface area contributed by atoms with Crippen molar-refractivity contribution in [1.29, 1.82) is 0 Å². The van der Waals surface area contributed by atoms with Crippen LogP contribution >= 0.6 is 0 Å². The van der Waals surface area contributed by atoms with Gasteiger partial charge in [-0.3, -0.25) is 0 Å². The molecule has 2 N–H and O–H groups in total. The summed E-state index contributed by atoms with van der Waals surface area (Å²) in [5, 5.41) is 0. The van der Waals surface area contributed by atoms with Gasteiger partial charge in [-0.1, -0.05) is 50.6 Å². The summed E-state index contributed by atoms with van der Waals surface area (Å²) in [4.78, 5) is 0. The largest absolute Gasteiger partial charge is 0.324 e. The van der Waals surface area contributed by atoms with Crippen molar-refractivity contribution >= 4 is 0 Å². The van der Waals surface area contributed by atoms with E-state index in [0.29, 0.717) is 5.92 Å². The highest BCUT2D eigenvalue weighted by atomic mass is 14.6. The summed E-state index contributed by atoms with van der Waals surface area (Å²) >= 11 is 0. The predicted molar refractivity (Wildman–Crippen MR) is 52.8 cm³/mol. The van der Waals surface area contributed by atoms with Crippen molar-refractivity contribution in [1.82, 2.24) is 0 Å². The van der Waals surface area contributed by atoms with Crippen LogP contribution in [0, 0.1) is 5.92 Å². The number of benzene rings is 1. The van der Waals surface area contributed by atoms with Gasteiger partial charge in [0, 0.05) is 6.04 Å². The maximum Gasteiger partial charge on any atom is 0.0320 e. The molecule has 66 valence electrons. The predicted octanol–water partition coefficient (Wildman–Crippen LogP) is 2.73. The van der Waals surface area contributed by atoms with E-state index < -0.39 is 0 Å². The molecule has 0 aliphatic carbocycles. The van der Waals surface area contributed by atoms with E-state index in [1.165, 1.54) is 5.56 Å². The van der Waals surface area contributed by atoms with Crippen LogP contribution in [0.5, 0.6) is 0 Å². The Bertz CT molecular complexity index is 218.